The van der Waals surface area contributed by atoms with Crippen LogP contribution in [0.2, 0.25) is 0 Å². The van der Waals surface area contributed by atoms with E-state index in [1.807, 2.05) is 6.07 Å². The molecule has 0 spiro atoms. The van der Waals surface area contributed by atoms with Gasteiger partial charge in [0, 0.05) is 41.3 Å². The lowest BCUT2D eigenvalue weighted by molar-refractivity contribution is 0.00909. The van der Waals surface area contributed by atoms with E-state index in [-0.39, 0.29) is 46.0 Å². The van der Waals surface area contributed by atoms with Gasteiger partial charge in [0.1, 0.15) is 28.7 Å². The lowest BCUT2D eigenvalue weighted by Gasteiger charge is -2.32. The zero-order valence-corrected chi connectivity index (χ0v) is 26.3. The van der Waals surface area contributed by atoms with Gasteiger partial charge in [-0.1, -0.05) is 18.2 Å². The van der Waals surface area contributed by atoms with Crippen molar-refractivity contribution in [2.45, 2.75) is 12.8 Å². The predicted molar refractivity (Wildman–Crippen MR) is 177 cm³/mol. The number of nitrogen functional groups attached to an aromatic ring is 1. The maximum absolute atomic E-state index is 15.7. The fourth-order valence-electron chi connectivity index (χ4n) is 6.17. The van der Waals surface area contributed by atoms with Gasteiger partial charge in [-0.25, -0.2) is 13.8 Å². The second-order valence-corrected chi connectivity index (χ2v) is 11.5. The van der Waals surface area contributed by atoms with Gasteiger partial charge in [-0.05, 0) is 59.7 Å². The highest BCUT2D eigenvalue weighted by molar-refractivity contribution is 6.07. The molecule has 0 bridgehead atoms. The molecule has 2 aliphatic heterocycles. The molecular weight excluding hydrogens is 636 g/mol. The van der Waals surface area contributed by atoms with Crippen LogP contribution in [-0.2, 0) is 11.3 Å². The number of benzene rings is 3. The first-order chi connectivity index (χ1) is 23.7. The van der Waals surface area contributed by atoms with E-state index in [1.54, 1.807) is 24.4 Å². The summed E-state index contributed by atoms with van der Waals surface area (Å²) in [5.74, 6) is -1.33. The van der Waals surface area contributed by atoms with Crippen molar-refractivity contribution in [2.75, 3.05) is 38.4 Å². The number of carbonyl (C=O) groups excluding carboxylic acids is 2. The molecule has 2 aliphatic rings. The molecule has 0 aliphatic carbocycles. The minimum atomic E-state index is -0.824. The zero-order chi connectivity index (χ0) is 34.4. The normalized spacial score (nSPS) is 15.1. The van der Waals surface area contributed by atoms with Crippen LogP contribution >= 0.6 is 0 Å². The fraction of sp³-hybridized carbons (Fsp3) is 0.167. The maximum atomic E-state index is 15.7. The van der Waals surface area contributed by atoms with Crippen LogP contribution in [0.5, 0.6) is 11.5 Å². The molecule has 0 saturated carbocycles. The van der Waals surface area contributed by atoms with Crippen molar-refractivity contribution in [1.82, 2.24) is 14.5 Å². The van der Waals surface area contributed by atoms with Crippen molar-refractivity contribution in [3.05, 3.63) is 112 Å². The number of hydrogen-bond donors (Lipinski definition) is 2. The molecule has 4 heterocycles. The second kappa shape index (κ2) is 12.5. The van der Waals surface area contributed by atoms with E-state index in [9.17, 15) is 18.8 Å². The van der Waals surface area contributed by atoms with Gasteiger partial charge in [-0.2, -0.15) is 0 Å². The van der Waals surface area contributed by atoms with E-state index >= 15 is 4.39 Å². The molecule has 7 rings (SSSR count). The fourth-order valence-corrected chi connectivity index (χ4v) is 6.17. The van der Waals surface area contributed by atoms with Crippen LogP contribution < -0.4 is 26.0 Å². The van der Waals surface area contributed by atoms with Crippen molar-refractivity contribution in [1.29, 1.82) is 0 Å². The van der Waals surface area contributed by atoms with Crippen LogP contribution in [0, 0.1) is 11.6 Å². The Morgan fingerprint density at radius 2 is 1.69 bits per heavy atom. The standard InChI is InChI=1S/C36H29F2N5O6/c1-47-28-10-5-20(14-29(28)48-2)21-13-25(34(39)40-16-21)24-9-8-23(15-27(24)38)41-35(45)26-17-42-18-30-43(11-12-49-30)36(46)32(42)31(33(26)44)19-3-6-22(37)7-4-19/h3-10,13-17,30H,11-12,18H2,1-2H3,(H2,39,40)(H,41,45). The number of rotatable bonds is 7. The van der Waals surface area contributed by atoms with E-state index in [2.05, 4.69) is 10.3 Å². The van der Waals surface area contributed by atoms with E-state index in [0.717, 1.165) is 11.6 Å². The average Bonchev–Trinajstić information content (AvgIpc) is 3.58. The van der Waals surface area contributed by atoms with Crippen molar-refractivity contribution in [3.8, 4) is 44.9 Å². The first kappa shape index (κ1) is 31.5. The summed E-state index contributed by atoms with van der Waals surface area (Å²) in [5.41, 5.74) is 7.37. The number of carbonyl (C=O) groups is 2. The van der Waals surface area contributed by atoms with Crippen LogP contribution in [0.4, 0.5) is 20.3 Å². The SMILES string of the molecule is COc1ccc(-c2cnc(N)c(-c3ccc(NC(=O)c4cn5c(c(-c6ccc(F)cc6)c4=O)C(=O)N4CCOC4C5)cc3F)c2)cc1OC. The minimum absolute atomic E-state index is 0.0399. The lowest BCUT2D eigenvalue weighted by atomic mass is 9.98. The molecule has 1 atom stereocenters. The zero-order valence-electron chi connectivity index (χ0n) is 26.3. The molecular formula is C36H29F2N5O6. The first-order valence-corrected chi connectivity index (χ1v) is 15.2. The van der Waals surface area contributed by atoms with Crippen LogP contribution in [-0.4, -0.2) is 59.9 Å². The largest absolute Gasteiger partial charge is 0.493 e. The molecule has 13 heteroatoms. The third-order valence-electron chi connectivity index (χ3n) is 8.62. The Bertz CT molecular complexity index is 2200. The second-order valence-electron chi connectivity index (χ2n) is 11.5. The molecule has 0 radical (unpaired) electrons. The molecule has 1 unspecified atom stereocenters. The number of hydrogen-bond acceptors (Lipinski definition) is 8. The lowest BCUT2D eigenvalue weighted by Crippen LogP contribution is -2.46. The number of nitrogens with zero attached hydrogens (tertiary/aromatic N) is 3. The van der Waals surface area contributed by atoms with Gasteiger partial charge in [0.05, 0.1) is 32.9 Å². The average molecular weight is 666 g/mol. The van der Waals surface area contributed by atoms with Gasteiger partial charge in [-0.3, -0.25) is 14.4 Å². The third kappa shape index (κ3) is 5.63. The number of nitrogens with one attached hydrogen (secondary N) is 1. The summed E-state index contributed by atoms with van der Waals surface area (Å²) in [4.78, 5) is 46.8. The molecule has 1 fully saturated rings. The van der Waals surface area contributed by atoms with Crippen LogP contribution in [0.3, 0.4) is 0 Å². The van der Waals surface area contributed by atoms with Crippen LogP contribution in [0.25, 0.3) is 33.4 Å². The van der Waals surface area contributed by atoms with E-state index in [1.165, 1.54) is 66.3 Å². The number of aromatic nitrogens is 2. The Morgan fingerprint density at radius 3 is 2.43 bits per heavy atom. The van der Waals surface area contributed by atoms with Crippen molar-refractivity contribution >= 4 is 23.3 Å². The molecule has 248 valence electrons. The Balaban J connectivity index is 1.22. The van der Waals surface area contributed by atoms with Crippen molar-refractivity contribution < 1.29 is 32.6 Å². The number of amides is 2. The molecule has 11 nitrogen and oxygen atoms in total. The van der Waals surface area contributed by atoms with Crippen LogP contribution in [0.1, 0.15) is 20.8 Å². The van der Waals surface area contributed by atoms with Gasteiger partial charge in [0.25, 0.3) is 11.8 Å². The number of halogens is 2. The number of pyridine rings is 2. The summed E-state index contributed by atoms with van der Waals surface area (Å²) in [6.45, 7) is 0.863. The predicted octanol–water partition coefficient (Wildman–Crippen LogP) is 5.19. The topological polar surface area (TPSA) is 138 Å². The number of fused-ring (bicyclic) bond motifs is 2. The first-order valence-electron chi connectivity index (χ1n) is 15.2. The van der Waals surface area contributed by atoms with Gasteiger partial charge in [0.15, 0.2) is 17.7 Å². The van der Waals surface area contributed by atoms with Gasteiger partial charge in [0.2, 0.25) is 5.43 Å². The summed E-state index contributed by atoms with van der Waals surface area (Å²) in [6, 6.07) is 16.2. The highest BCUT2D eigenvalue weighted by Crippen LogP contribution is 2.36. The number of methoxy groups -OCH3 is 2. The van der Waals surface area contributed by atoms with E-state index in [4.69, 9.17) is 19.9 Å². The molecule has 49 heavy (non-hydrogen) atoms. The third-order valence-corrected chi connectivity index (χ3v) is 8.62. The highest BCUT2D eigenvalue weighted by Gasteiger charge is 2.39. The molecule has 3 aromatic carbocycles. The van der Waals surface area contributed by atoms with Gasteiger partial charge >= 0.3 is 0 Å². The summed E-state index contributed by atoms with van der Waals surface area (Å²) >= 11 is 0. The Hall–Kier alpha value is -6.08. The summed E-state index contributed by atoms with van der Waals surface area (Å²) in [5, 5.41) is 2.59. The Kier molecular flexibility index (Phi) is 8.04. The molecule has 1 saturated heterocycles. The molecule has 2 amide bonds. The van der Waals surface area contributed by atoms with Crippen molar-refractivity contribution in [2.24, 2.45) is 0 Å². The summed E-state index contributed by atoms with van der Waals surface area (Å²) in [6.07, 6.45) is 2.30. The quantitative estimate of drug-likeness (QED) is 0.243. The minimum Gasteiger partial charge on any atom is -0.493 e. The molecule has 2 aromatic heterocycles. The Morgan fingerprint density at radius 1 is 0.939 bits per heavy atom. The summed E-state index contributed by atoms with van der Waals surface area (Å²) in [7, 11) is 3.06. The number of nitrogens with two attached hydrogens (primary N) is 1. The van der Waals surface area contributed by atoms with Crippen LogP contribution in [0.15, 0.2) is 83.9 Å². The van der Waals surface area contributed by atoms with E-state index < -0.39 is 35.1 Å². The van der Waals surface area contributed by atoms with E-state index in [0.29, 0.717) is 35.8 Å². The molecule has 3 N–H and O–H groups in total. The smallest absolute Gasteiger partial charge is 0.273 e. The summed E-state index contributed by atoms with van der Waals surface area (Å²) < 4.78 is 47.4. The van der Waals surface area contributed by atoms with Gasteiger partial charge < -0.3 is 34.7 Å². The maximum Gasteiger partial charge on any atom is 0.273 e. The highest BCUT2D eigenvalue weighted by atomic mass is 19.1. The molecule has 5 aromatic rings. The number of ether oxygens (including phenoxy) is 3. The van der Waals surface area contributed by atoms with Gasteiger partial charge in [-0.15, -0.1) is 0 Å². The monoisotopic (exact) mass is 665 g/mol. The van der Waals surface area contributed by atoms with Crippen molar-refractivity contribution in [3.63, 3.8) is 0 Å². The Labute approximate surface area is 278 Å². The number of anilines is 2.